The first-order chi connectivity index (χ1) is 8.49. The first kappa shape index (κ1) is 12.8. The number of aryl methyl sites for hydroxylation is 1. The van der Waals surface area contributed by atoms with Gasteiger partial charge in [0.15, 0.2) is 0 Å². The minimum Gasteiger partial charge on any atom is -0.306 e. The van der Waals surface area contributed by atoms with Gasteiger partial charge in [0, 0.05) is 21.8 Å². The summed E-state index contributed by atoms with van der Waals surface area (Å²) in [5.74, 6) is 0.749. The number of hydrogen-bond donors (Lipinski definition) is 1. The van der Waals surface area contributed by atoms with Gasteiger partial charge in [0.2, 0.25) is 0 Å². The Morgan fingerprint density at radius 2 is 1.83 bits per heavy atom. The van der Waals surface area contributed by atoms with Gasteiger partial charge in [-0.25, -0.2) is 4.98 Å². The van der Waals surface area contributed by atoms with Gasteiger partial charge in [-0.15, -0.1) is 0 Å². The van der Waals surface area contributed by atoms with E-state index < -0.39 is 0 Å². The summed E-state index contributed by atoms with van der Waals surface area (Å²) in [6.45, 7) is 5.84. The molecule has 3 nitrogen and oxygen atoms in total. The summed E-state index contributed by atoms with van der Waals surface area (Å²) in [6.07, 6.45) is 0. The molecule has 0 saturated carbocycles. The first-order valence-electron chi connectivity index (χ1n) is 5.86. The van der Waals surface area contributed by atoms with E-state index in [1.165, 1.54) is 0 Å². The highest BCUT2D eigenvalue weighted by Crippen LogP contribution is 2.19. The van der Waals surface area contributed by atoms with Crippen LogP contribution in [-0.2, 0) is 0 Å². The van der Waals surface area contributed by atoms with Crippen LogP contribution in [0.4, 0.5) is 0 Å². The third kappa shape index (κ3) is 2.46. The Kier molecular flexibility index (Phi) is 3.53. The Hall–Kier alpha value is -1.61. The second-order valence-corrected chi connectivity index (χ2v) is 5.01. The van der Waals surface area contributed by atoms with Crippen molar-refractivity contribution in [3.8, 4) is 11.4 Å². The van der Waals surface area contributed by atoms with Gasteiger partial charge in [-0.1, -0.05) is 25.4 Å². The van der Waals surface area contributed by atoms with Crippen LogP contribution in [0, 0.1) is 6.92 Å². The van der Waals surface area contributed by atoms with Crippen LogP contribution in [-0.4, -0.2) is 9.97 Å². The summed E-state index contributed by atoms with van der Waals surface area (Å²) in [5.41, 5.74) is 2.31. The quantitative estimate of drug-likeness (QED) is 0.900. The molecule has 1 N–H and O–H groups in total. The second-order valence-electron chi connectivity index (χ2n) is 4.58. The van der Waals surface area contributed by atoms with Gasteiger partial charge >= 0.3 is 0 Å². The van der Waals surface area contributed by atoms with Crippen LogP contribution in [0.3, 0.4) is 0 Å². The first-order valence-corrected chi connectivity index (χ1v) is 6.23. The Morgan fingerprint density at radius 1 is 1.22 bits per heavy atom. The van der Waals surface area contributed by atoms with Crippen LogP contribution in [0.2, 0.25) is 5.02 Å². The molecule has 0 radical (unpaired) electrons. The Labute approximate surface area is 111 Å². The van der Waals surface area contributed by atoms with Gasteiger partial charge < -0.3 is 4.98 Å². The molecule has 0 bridgehead atoms. The molecule has 0 aliphatic carbocycles. The summed E-state index contributed by atoms with van der Waals surface area (Å²) in [7, 11) is 0. The summed E-state index contributed by atoms with van der Waals surface area (Å²) >= 11 is 5.84. The largest absolute Gasteiger partial charge is 0.306 e. The molecule has 1 aromatic carbocycles. The fourth-order valence-corrected chi connectivity index (χ4v) is 2.15. The lowest BCUT2D eigenvalue weighted by molar-refractivity contribution is 0.815. The summed E-state index contributed by atoms with van der Waals surface area (Å²) in [6, 6.07) is 7.25. The van der Waals surface area contributed by atoms with Gasteiger partial charge in [-0.05, 0) is 37.1 Å². The van der Waals surface area contributed by atoms with E-state index in [-0.39, 0.29) is 11.5 Å². The van der Waals surface area contributed by atoms with Crippen molar-refractivity contribution in [1.82, 2.24) is 9.97 Å². The molecule has 4 heteroatoms. The average Bonchev–Trinajstić information content (AvgIpc) is 2.28. The van der Waals surface area contributed by atoms with Gasteiger partial charge in [0.05, 0.1) is 0 Å². The van der Waals surface area contributed by atoms with Crippen molar-refractivity contribution >= 4 is 11.6 Å². The molecular weight excluding hydrogens is 248 g/mol. The molecule has 0 aliphatic heterocycles. The van der Waals surface area contributed by atoms with E-state index >= 15 is 0 Å². The third-order valence-electron chi connectivity index (χ3n) is 2.84. The van der Waals surface area contributed by atoms with E-state index in [0.29, 0.717) is 10.8 Å². The molecule has 1 heterocycles. The normalized spacial score (nSPS) is 10.9. The van der Waals surface area contributed by atoms with Crippen molar-refractivity contribution in [1.29, 1.82) is 0 Å². The number of aromatic nitrogens is 2. The number of aromatic amines is 1. The second kappa shape index (κ2) is 4.94. The van der Waals surface area contributed by atoms with Crippen LogP contribution >= 0.6 is 11.6 Å². The number of halogens is 1. The van der Waals surface area contributed by atoms with E-state index in [1.807, 2.05) is 32.9 Å². The molecule has 18 heavy (non-hydrogen) atoms. The summed E-state index contributed by atoms with van der Waals surface area (Å²) in [5, 5.41) is 0.664. The lowest BCUT2D eigenvalue weighted by Gasteiger charge is -2.09. The molecule has 0 amide bonds. The number of rotatable bonds is 2. The average molecular weight is 263 g/mol. The maximum atomic E-state index is 12.0. The van der Waals surface area contributed by atoms with E-state index in [9.17, 15) is 4.79 Å². The monoisotopic (exact) mass is 262 g/mol. The lowest BCUT2D eigenvalue weighted by atomic mass is 10.0. The summed E-state index contributed by atoms with van der Waals surface area (Å²) in [4.78, 5) is 19.3. The maximum Gasteiger partial charge on any atom is 0.254 e. The van der Waals surface area contributed by atoms with Gasteiger partial charge in [-0.2, -0.15) is 0 Å². The number of benzene rings is 1. The molecule has 0 aliphatic rings. The SMILES string of the molecule is Cc1nc(-c2ccc(Cl)cc2)[nH]c(=O)c1C(C)C. The molecule has 2 rings (SSSR count). The van der Waals surface area contributed by atoms with Crippen LogP contribution in [0.15, 0.2) is 29.1 Å². The predicted octanol–water partition coefficient (Wildman–Crippen LogP) is 3.52. The highest BCUT2D eigenvalue weighted by Gasteiger charge is 2.12. The molecule has 1 aromatic heterocycles. The van der Waals surface area contributed by atoms with Gasteiger partial charge in [-0.3, -0.25) is 4.79 Å². The van der Waals surface area contributed by atoms with Crippen LogP contribution in [0.1, 0.15) is 31.0 Å². The molecular formula is C14H15ClN2O. The summed E-state index contributed by atoms with van der Waals surface area (Å²) < 4.78 is 0. The highest BCUT2D eigenvalue weighted by atomic mass is 35.5. The van der Waals surface area contributed by atoms with Crippen molar-refractivity contribution in [2.45, 2.75) is 26.7 Å². The van der Waals surface area contributed by atoms with Crippen LogP contribution < -0.4 is 5.56 Å². The molecule has 2 aromatic rings. The Morgan fingerprint density at radius 3 is 2.33 bits per heavy atom. The van der Waals surface area contributed by atoms with Gasteiger partial charge in [0.25, 0.3) is 5.56 Å². The smallest absolute Gasteiger partial charge is 0.254 e. The highest BCUT2D eigenvalue weighted by molar-refractivity contribution is 6.30. The number of H-pyrrole nitrogens is 1. The molecule has 0 saturated heterocycles. The maximum absolute atomic E-state index is 12.0. The Bertz CT molecular complexity index is 615. The molecule has 0 unspecified atom stereocenters. The fraction of sp³-hybridized carbons (Fsp3) is 0.286. The topological polar surface area (TPSA) is 45.8 Å². The van der Waals surface area contributed by atoms with Crippen molar-refractivity contribution in [3.63, 3.8) is 0 Å². The zero-order chi connectivity index (χ0) is 13.3. The number of hydrogen-bond acceptors (Lipinski definition) is 2. The van der Waals surface area contributed by atoms with E-state index in [4.69, 9.17) is 11.6 Å². The lowest BCUT2D eigenvalue weighted by Crippen LogP contribution is -2.18. The fourth-order valence-electron chi connectivity index (χ4n) is 2.02. The van der Waals surface area contributed by atoms with E-state index in [0.717, 1.165) is 16.8 Å². The number of nitrogens with one attached hydrogen (secondary N) is 1. The van der Waals surface area contributed by atoms with Crippen LogP contribution in [0.25, 0.3) is 11.4 Å². The van der Waals surface area contributed by atoms with Crippen molar-refractivity contribution in [2.24, 2.45) is 0 Å². The minimum atomic E-state index is -0.0672. The zero-order valence-corrected chi connectivity index (χ0v) is 11.4. The number of nitrogens with zero attached hydrogens (tertiary/aromatic N) is 1. The third-order valence-corrected chi connectivity index (χ3v) is 3.09. The van der Waals surface area contributed by atoms with E-state index in [2.05, 4.69) is 9.97 Å². The molecule has 94 valence electrons. The van der Waals surface area contributed by atoms with Crippen molar-refractivity contribution in [3.05, 3.63) is 50.9 Å². The molecule has 0 spiro atoms. The zero-order valence-electron chi connectivity index (χ0n) is 10.6. The Balaban J connectivity index is 2.55. The van der Waals surface area contributed by atoms with Crippen LogP contribution in [0.5, 0.6) is 0 Å². The standard InChI is InChI=1S/C14H15ClN2O/c1-8(2)12-9(3)16-13(17-14(12)18)10-4-6-11(15)7-5-10/h4-8H,1-3H3,(H,16,17,18). The van der Waals surface area contributed by atoms with Crippen molar-refractivity contribution in [2.75, 3.05) is 0 Å². The van der Waals surface area contributed by atoms with Gasteiger partial charge in [0.1, 0.15) is 5.82 Å². The minimum absolute atomic E-state index is 0.0672. The predicted molar refractivity (Wildman–Crippen MR) is 74.1 cm³/mol. The molecule has 0 fully saturated rings. The molecule has 0 atom stereocenters. The van der Waals surface area contributed by atoms with Crippen molar-refractivity contribution < 1.29 is 0 Å². The van der Waals surface area contributed by atoms with E-state index in [1.54, 1.807) is 12.1 Å².